The van der Waals surface area contributed by atoms with Crippen molar-refractivity contribution in [3.05, 3.63) is 66.0 Å². The Morgan fingerprint density at radius 1 is 1.26 bits per heavy atom. The van der Waals surface area contributed by atoms with Crippen molar-refractivity contribution in [1.82, 2.24) is 19.8 Å². The smallest absolute Gasteiger partial charge is 0.254 e. The number of carbonyl (C=O) groups excluding carboxylic acids is 1. The van der Waals surface area contributed by atoms with Crippen LogP contribution in [0.25, 0.3) is 11.0 Å². The summed E-state index contributed by atoms with van der Waals surface area (Å²) >= 11 is 0. The monoisotopic (exact) mass is 364 g/mol. The first-order valence-electron chi connectivity index (χ1n) is 9.19. The van der Waals surface area contributed by atoms with E-state index in [9.17, 15) is 4.79 Å². The number of nitrogens with zero attached hydrogens (tertiary/aromatic N) is 3. The minimum atomic E-state index is -0.118. The number of amides is 1. The summed E-state index contributed by atoms with van der Waals surface area (Å²) in [6.45, 7) is 1.87. The van der Waals surface area contributed by atoms with E-state index in [0.717, 1.165) is 23.1 Å². The van der Waals surface area contributed by atoms with Crippen LogP contribution in [0.15, 0.2) is 54.9 Å². The second kappa shape index (κ2) is 7.50. The van der Waals surface area contributed by atoms with Gasteiger partial charge in [0, 0.05) is 18.7 Å². The van der Waals surface area contributed by atoms with Crippen LogP contribution in [0.3, 0.4) is 0 Å². The molecular formula is C21H24N4O2. The molecule has 0 unspecified atom stereocenters. The first kappa shape index (κ1) is 17.7. The molecule has 1 amide bonds. The lowest BCUT2D eigenvalue weighted by Crippen LogP contribution is -2.51. The maximum absolute atomic E-state index is 13.4. The van der Waals surface area contributed by atoms with Crippen molar-refractivity contribution < 1.29 is 9.53 Å². The van der Waals surface area contributed by atoms with Gasteiger partial charge < -0.3 is 19.5 Å². The second-order valence-electron chi connectivity index (χ2n) is 7.16. The van der Waals surface area contributed by atoms with E-state index in [1.165, 1.54) is 0 Å². The number of hydrogen-bond acceptors (Lipinski definition) is 4. The minimum Gasteiger partial charge on any atom is -0.373 e. The molecule has 3 aromatic rings. The van der Waals surface area contributed by atoms with Crippen LogP contribution in [0.2, 0.25) is 0 Å². The van der Waals surface area contributed by atoms with Gasteiger partial charge in [-0.3, -0.25) is 4.79 Å². The van der Waals surface area contributed by atoms with Crippen LogP contribution in [0.4, 0.5) is 0 Å². The highest BCUT2D eigenvalue weighted by Crippen LogP contribution is 2.31. The summed E-state index contributed by atoms with van der Waals surface area (Å²) in [7, 11) is 4.05. The molecule has 1 aliphatic heterocycles. The quantitative estimate of drug-likeness (QED) is 0.773. The van der Waals surface area contributed by atoms with E-state index < -0.39 is 0 Å². The van der Waals surface area contributed by atoms with Crippen molar-refractivity contribution in [2.75, 3.05) is 33.8 Å². The van der Waals surface area contributed by atoms with Gasteiger partial charge in [-0.1, -0.05) is 30.3 Å². The molecule has 6 heteroatoms. The Hall–Kier alpha value is -2.70. The predicted molar refractivity (Wildman–Crippen MR) is 105 cm³/mol. The van der Waals surface area contributed by atoms with Crippen molar-refractivity contribution in [2.24, 2.45) is 0 Å². The maximum Gasteiger partial charge on any atom is 0.254 e. The third kappa shape index (κ3) is 3.59. The van der Waals surface area contributed by atoms with Gasteiger partial charge in [-0.05, 0) is 37.9 Å². The fourth-order valence-corrected chi connectivity index (χ4v) is 3.75. The molecule has 1 aromatic heterocycles. The number of rotatable bonds is 4. The topological polar surface area (TPSA) is 61.5 Å². The first-order valence-corrected chi connectivity index (χ1v) is 9.19. The predicted octanol–water partition coefficient (Wildman–Crippen LogP) is 2.71. The molecule has 1 fully saturated rings. The third-order valence-corrected chi connectivity index (χ3v) is 4.97. The van der Waals surface area contributed by atoms with Crippen molar-refractivity contribution in [2.45, 2.75) is 12.1 Å². The average molecular weight is 364 g/mol. The van der Waals surface area contributed by atoms with Crippen LogP contribution in [-0.2, 0) is 4.74 Å². The van der Waals surface area contributed by atoms with Gasteiger partial charge in [-0.2, -0.15) is 0 Å². The Labute approximate surface area is 158 Å². The number of H-pyrrole nitrogens is 1. The van der Waals surface area contributed by atoms with E-state index in [2.05, 4.69) is 27.0 Å². The number of aromatic amines is 1. The number of hydrogen-bond donors (Lipinski definition) is 1. The summed E-state index contributed by atoms with van der Waals surface area (Å²) in [4.78, 5) is 24.8. The fourth-order valence-electron chi connectivity index (χ4n) is 3.75. The molecule has 0 aliphatic carbocycles. The number of ether oxygens (including phenoxy) is 1. The van der Waals surface area contributed by atoms with E-state index in [0.29, 0.717) is 18.7 Å². The van der Waals surface area contributed by atoms with Crippen molar-refractivity contribution >= 4 is 16.9 Å². The number of aromatic nitrogens is 2. The van der Waals surface area contributed by atoms with E-state index in [1.807, 2.05) is 55.4 Å². The fraction of sp³-hybridized carbons (Fsp3) is 0.333. The number of morpholine rings is 1. The van der Waals surface area contributed by atoms with Gasteiger partial charge in [0.1, 0.15) is 0 Å². The number of nitrogens with one attached hydrogen (secondary N) is 1. The van der Waals surface area contributed by atoms with Gasteiger partial charge in [0.25, 0.3) is 5.91 Å². The summed E-state index contributed by atoms with van der Waals surface area (Å²) < 4.78 is 6.08. The SMILES string of the molecule is CN(C)C[C@@H]1OCCN(C(=O)c2ccc3nc[nH]c3c2)[C@H]1c1ccccc1. The van der Waals surface area contributed by atoms with Gasteiger partial charge in [-0.15, -0.1) is 0 Å². The molecule has 0 radical (unpaired) electrons. The molecule has 27 heavy (non-hydrogen) atoms. The number of fused-ring (bicyclic) bond motifs is 1. The summed E-state index contributed by atoms with van der Waals surface area (Å²) in [5, 5.41) is 0. The Balaban J connectivity index is 1.70. The molecule has 4 rings (SSSR count). The normalized spacial score (nSPS) is 20.3. The molecule has 2 aromatic carbocycles. The average Bonchev–Trinajstić information content (AvgIpc) is 3.15. The van der Waals surface area contributed by atoms with Gasteiger partial charge in [0.05, 0.1) is 36.1 Å². The van der Waals surface area contributed by atoms with Crippen LogP contribution in [0, 0.1) is 0 Å². The van der Waals surface area contributed by atoms with E-state index in [4.69, 9.17) is 4.74 Å². The molecule has 1 N–H and O–H groups in total. The first-order chi connectivity index (χ1) is 13.1. The molecule has 0 spiro atoms. The highest BCUT2D eigenvalue weighted by molar-refractivity contribution is 5.97. The molecule has 0 bridgehead atoms. The van der Waals surface area contributed by atoms with Gasteiger partial charge in [0.2, 0.25) is 0 Å². The number of carbonyl (C=O) groups is 1. The zero-order valence-corrected chi connectivity index (χ0v) is 15.6. The third-order valence-electron chi connectivity index (χ3n) is 4.97. The van der Waals surface area contributed by atoms with Gasteiger partial charge >= 0.3 is 0 Å². The zero-order chi connectivity index (χ0) is 18.8. The van der Waals surface area contributed by atoms with Crippen molar-refractivity contribution in [3.63, 3.8) is 0 Å². The minimum absolute atomic E-state index is 0.0207. The van der Waals surface area contributed by atoms with Crippen LogP contribution < -0.4 is 0 Å². The van der Waals surface area contributed by atoms with Gasteiger partial charge in [0.15, 0.2) is 0 Å². The van der Waals surface area contributed by atoms with E-state index >= 15 is 0 Å². The standard InChI is InChI=1S/C21H24N4O2/c1-24(2)13-19-20(15-6-4-3-5-7-15)25(10-11-27-19)21(26)16-8-9-17-18(12-16)23-14-22-17/h3-9,12,14,19-20H,10-11,13H2,1-2H3,(H,22,23)/t19-,20-/m0/s1. The Kier molecular flexibility index (Phi) is 4.92. The second-order valence-corrected chi connectivity index (χ2v) is 7.16. The Bertz CT molecular complexity index is 922. The zero-order valence-electron chi connectivity index (χ0n) is 15.6. The maximum atomic E-state index is 13.4. The lowest BCUT2D eigenvalue weighted by atomic mass is 9.96. The van der Waals surface area contributed by atoms with Gasteiger partial charge in [-0.25, -0.2) is 4.98 Å². The molecular weight excluding hydrogens is 340 g/mol. The van der Waals surface area contributed by atoms with E-state index in [1.54, 1.807) is 6.33 Å². The lowest BCUT2D eigenvalue weighted by molar-refractivity contribution is -0.0684. The Morgan fingerprint density at radius 3 is 2.85 bits per heavy atom. The molecule has 1 saturated heterocycles. The highest BCUT2D eigenvalue weighted by Gasteiger charge is 2.37. The molecule has 140 valence electrons. The highest BCUT2D eigenvalue weighted by atomic mass is 16.5. The number of benzene rings is 2. The summed E-state index contributed by atoms with van der Waals surface area (Å²) in [5.74, 6) is 0.0207. The molecule has 2 atom stereocenters. The van der Waals surface area contributed by atoms with E-state index in [-0.39, 0.29) is 18.1 Å². The van der Waals surface area contributed by atoms with Crippen molar-refractivity contribution in [3.8, 4) is 0 Å². The summed E-state index contributed by atoms with van der Waals surface area (Å²) in [6.07, 6.45) is 1.57. The molecule has 0 saturated carbocycles. The summed E-state index contributed by atoms with van der Waals surface area (Å²) in [6, 6.07) is 15.6. The molecule has 2 heterocycles. The number of likely N-dealkylation sites (N-methyl/N-ethyl adjacent to an activating group) is 1. The molecule has 6 nitrogen and oxygen atoms in total. The Morgan fingerprint density at radius 2 is 2.07 bits per heavy atom. The van der Waals surface area contributed by atoms with Crippen LogP contribution >= 0.6 is 0 Å². The largest absolute Gasteiger partial charge is 0.373 e. The van der Waals surface area contributed by atoms with Crippen LogP contribution in [-0.4, -0.2) is 65.6 Å². The summed E-state index contributed by atoms with van der Waals surface area (Å²) in [5.41, 5.74) is 3.49. The number of imidazole rings is 1. The van der Waals surface area contributed by atoms with Crippen LogP contribution in [0.5, 0.6) is 0 Å². The lowest BCUT2D eigenvalue weighted by Gasteiger charge is -2.42. The molecule has 1 aliphatic rings. The van der Waals surface area contributed by atoms with Crippen LogP contribution in [0.1, 0.15) is 22.0 Å². The van der Waals surface area contributed by atoms with Crippen molar-refractivity contribution in [1.29, 1.82) is 0 Å².